The molecule has 0 bridgehead atoms. The summed E-state index contributed by atoms with van der Waals surface area (Å²) >= 11 is 1.70. The average molecular weight is 308 g/mol. The standard InChI is InChI=1S/C15H17FN2O2S/c1-2-20-15(19)14-10-21-6-5-18(14)9-12-4-3-11(8-17)7-13(12)16/h3-4,7,14H,2,5-6,9-10H2,1H3. The zero-order chi connectivity index (χ0) is 15.2. The van der Waals surface area contributed by atoms with Gasteiger partial charge in [-0.25, -0.2) is 4.39 Å². The van der Waals surface area contributed by atoms with E-state index in [-0.39, 0.29) is 12.0 Å². The molecule has 21 heavy (non-hydrogen) atoms. The highest BCUT2D eigenvalue weighted by molar-refractivity contribution is 7.99. The van der Waals surface area contributed by atoms with Crippen LogP contribution in [0.1, 0.15) is 18.1 Å². The van der Waals surface area contributed by atoms with Gasteiger partial charge in [0.05, 0.1) is 18.2 Å². The highest BCUT2D eigenvalue weighted by Gasteiger charge is 2.30. The molecule has 0 N–H and O–H groups in total. The molecule has 1 heterocycles. The first-order valence-corrected chi connectivity index (χ1v) is 7.98. The lowest BCUT2D eigenvalue weighted by Crippen LogP contribution is -2.47. The number of ether oxygens (including phenoxy) is 1. The van der Waals surface area contributed by atoms with E-state index in [1.165, 1.54) is 6.07 Å². The Kier molecular flexibility index (Phi) is 5.59. The van der Waals surface area contributed by atoms with Crippen molar-refractivity contribution in [2.75, 3.05) is 24.7 Å². The Morgan fingerprint density at radius 1 is 1.62 bits per heavy atom. The fraction of sp³-hybridized carbons (Fsp3) is 0.467. The van der Waals surface area contributed by atoms with Crippen LogP contribution in [0.15, 0.2) is 18.2 Å². The largest absolute Gasteiger partial charge is 0.465 e. The Hall–Kier alpha value is -1.58. The van der Waals surface area contributed by atoms with Crippen molar-refractivity contribution in [3.05, 3.63) is 35.1 Å². The van der Waals surface area contributed by atoms with Gasteiger partial charge in [0.2, 0.25) is 0 Å². The van der Waals surface area contributed by atoms with Crippen LogP contribution in [-0.4, -0.2) is 41.6 Å². The van der Waals surface area contributed by atoms with E-state index >= 15 is 0 Å². The SMILES string of the molecule is CCOC(=O)C1CSCCN1Cc1ccc(C#N)cc1F. The van der Waals surface area contributed by atoms with E-state index in [9.17, 15) is 9.18 Å². The van der Waals surface area contributed by atoms with Gasteiger partial charge >= 0.3 is 5.97 Å². The Morgan fingerprint density at radius 2 is 2.43 bits per heavy atom. The molecule has 0 aromatic heterocycles. The Labute approximate surface area is 127 Å². The minimum Gasteiger partial charge on any atom is -0.465 e. The van der Waals surface area contributed by atoms with Crippen molar-refractivity contribution in [1.29, 1.82) is 5.26 Å². The highest BCUT2D eigenvalue weighted by Crippen LogP contribution is 2.21. The lowest BCUT2D eigenvalue weighted by Gasteiger charge is -2.33. The minimum absolute atomic E-state index is 0.251. The second-order valence-corrected chi connectivity index (χ2v) is 5.88. The maximum absolute atomic E-state index is 14.0. The van der Waals surface area contributed by atoms with Crippen molar-refractivity contribution in [2.24, 2.45) is 0 Å². The molecular formula is C15H17FN2O2S. The Balaban J connectivity index is 2.12. The van der Waals surface area contributed by atoms with Crippen molar-refractivity contribution in [2.45, 2.75) is 19.5 Å². The summed E-state index contributed by atoms with van der Waals surface area (Å²) in [5.74, 6) is 0.915. The van der Waals surface area contributed by atoms with Crippen LogP contribution in [0, 0.1) is 17.1 Å². The van der Waals surface area contributed by atoms with Gasteiger partial charge in [-0.3, -0.25) is 9.69 Å². The summed E-state index contributed by atoms with van der Waals surface area (Å²) in [6.45, 7) is 3.19. The summed E-state index contributed by atoms with van der Waals surface area (Å²) in [6, 6.07) is 6.01. The van der Waals surface area contributed by atoms with E-state index in [4.69, 9.17) is 10.00 Å². The molecule has 1 aliphatic rings. The summed E-state index contributed by atoms with van der Waals surface area (Å²) in [5, 5.41) is 8.76. The highest BCUT2D eigenvalue weighted by atomic mass is 32.2. The van der Waals surface area contributed by atoms with E-state index in [0.29, 0.717) is 36.6 Å². The second-order valence-electron chi connectivity index (χ2n) is 4.73. The summed E-state index contributed by atoms with van der Waals surface area (Å²) in [6.07, 6.45) is 0. The summed E-state index contributed by atoms with van der Waals surface area (Å²) in [4.78, 5) is 13.9. The fourth-order valence-electron chi connectivity index (χ4n) is 2.25. The molecule has 1 aliphatic heterocycles. The molecule has 1 aromatic rings. The van der Waals surface area contributed by atoms with Crippen molar-refractivity contribution in [3.63, 3.8) is 0 Å². The summed E-state index contributed by atoms with van der Waals surface area (Å²) in [7, 11) is 0. The van der Waals surface area contributed by atoms with E-state index < -0.39 is 5.82 Å². The molecule has 1 atom stereocenters. The minimum atomic E-state index is -0.408. The van der Waals surface area contributed by atoms with Gasteiger partial charge in [-0.05, 0) is 19.1 Å². The Bertz CT molecular complexity index is 559. The molecule has 1 saturated heterocycles. The topological polar surface area (TPSA) is 53.3 Å². The van der Waals surface area contributed by atoms with Crippen molar-refractivity contribution >= 4 is 17.7 Å². The molecule has 1 aromatic carbocycles. The van der Waals surface area contributed by atoms with Gasteiger partial charge in [0.25, 0.3) is 0 Å². The number of nitriles is 1. The molecule has 1 unspecified atom stereocenters. The van der Waals surface area contributed by atoms with Crippen LogP contribution in [0.25, 0.3) is 0 Å². The van der Waals surface area contributed by atoms with Crippen LogP contribution in [0.4, 0.5) is 4.39 Å². The van der Waals surface area contributed by atoms with Gasteiger partial charge in [0.1, 0.15) is 11.9 Å². The van der Waals surface area contributed by atoms with Crippen molar-refractivity contribution in [3.8, 4) is 6.07 Å². The number of halogens is 1. The van der Waals surface area contributed by atoms with E-state index in [1.54, 1.807) is 30.8 Å². The molecule has 0 amide bonds. The van der Waals surface area contributed by atoms with E-state index in [2.05, 4.69) is 0 Å². The zero-order valence-electron chi connectivity index (χ0n) is 11.8. The summed E-state index contributed by atoms with van der Waals surface area (Å²) in [5.41, 5.74) is 0.794. The number of nitrogens with zero attached hydrogens (tertiary/aromatic N) is 2. The number of hydrogen-bond donors (Lipinski definition) is 0. The van der Waals surface area contributed by atoms with Crippen LogP contribution in [0.2, 0.25) is 0 Å². The molecule has 1 fully saturated rings. The van der Waals surface area contributed by atoms with Crippen molar-refractivity contribution < 1.29 is 13.9 Å². The van der Waals surface area contributed by atoms with Crippen molar-refractivity contribution in [1.82, 2.24) is 4.90 Å². The quantitative estimate of drug-likeness (QED) is 0.798. The number of carbonyl (C=O) groups is 1. The number of thioether (sulfide) groups is 1. The Morgan fingerprint density at radius 3 is 3.10 bits per heavy atom. The lowest BCUT2D eigenvalue weighted by molar-refractivity contribution is -0.148. The number of rotatable bonds is 4. The van der Waals surface area contributed by atoms with Crippen LogP contribution in [0.3, 0.4) is 0 Å². The average Bonchev–Trinajstić information content (AvgIpc) is 2.50. The monoisotopic (exact) mass is 308 g/mol. The second kappa shape index (κ2) is 7.43. The normalized spacial score (nSPS) is 19.0. The molecule has 0 spiro atoms. The van der Waals surface area contributed by atoms with Crippen LogP contribution >= 0.6 is 11.8 Å². The predicted molar refractivity (Wildman–Crippen MR) is 79.3 cm³/mol. The maximum atomic E-state index is 14.0. The fourth-order valence-corrected chi connectivity index (χ4v) is 3.35. The lowest BCUT2D eigenvalue weighted by atomic mass is 10.1. The molecule has 0 radical (unpaired) electrons. The number of esters is 1. The van der Waals surface area contributed by atoms with Gasteiger partial charge in [-0.2, -0.15) is 17.0 Å². The summed E-state index contributed by atoms with van der Waals surface area (Å²) < 4.78 is 19.1. The number of benzene rings is 1. The molecule has 0 saturated carbocycles. The van der Waals surface area contributed by atoms with Gasteiger partial charge in [-0.1, -0.05) is 6.07 Å². The molecule has 6 heteroatoms. The van der Waals surface area contributed by atoms with Gasteiger partial charge in [0.15, 0.2) is 0 Å². The predicted octanol–water partition coefficient (Wildman–Crippen LogP) is 2.18. The molecule has 112 valence electrons. The number of hydrogen-bond acceptors (Lipinski definition) is 5. The molecular weight excluding hydrogens is 291 g/mol. The zero-order valence-corrected chi connectivity index (χ0v) is 12.7. The van der Waals surface area contributed by atoms with Crippen LogP contribution < -0.4 is 0 Å². The molecule has 2 rings (SSSR count). The number of carbonyl (C=O) groups excluding carboxylic acids is 1. The molecule has 4 nitrogen and oxygen atoms in total. The molecule has 0 aliphatic carbocycles. The third-order valence-electron chi connectivity index (χ3n) is 3.35. The smallest absolute Gasteiger partial charge is 0.324 e. The first-order chi connectivity index (χ1) is 10.2. The van der Waals surface area contributed by atoms with Gasteiger partial charge in [0, 0.05) is 30.2 Å². The van der Waals surface area contributed by atoms with Gasteiger partial charge < -0.3 is 4.74 Å². The van der Waals surface area contributed by atoms with E-state index in [1.807, 2.05) is 11.0 Å². The third-order valence-corrected chi connectivity index (χ3v) is 4.38. The van der Waals surface area contributed by atoms with Crippen LogP contribution in [0.5, 0.6) is 0 Å². The van der Waals surface area contributed by atoms with Crippen LogP contribution in [-0.2, 0) is 16.1 Å². The maximum Gasteiger partial charge on any atom is 0.324 e. The van der Waals surface area contributed by atoms with E-state index in [0.717, 1.165) is 5.75 Å². The third kappa shape index (κ3) is 3.96. The van der Waals surface area contributed by atoms with Gasteiger partial charge in [-0.15, -0.1) is 0 Å². The first kappa shape index (κ1) is 15.8. The first-order valence-electron chi connectivity index (χ1n) is 6.82.